The molecular formula is C15H20FN3. The Morgan fingerprint density at radius 3 is 2.95 bits per heavy atom. The van der Waals surface area contributed by atoms with Gasteiger partial charge in [-0.1, -0.05) is 13.8 Å². The molecule has 1 fully saturated rings. The number of hydrogen-bond acceptors (Lipinski definition) is 3. The van der Waals surface area contributed by atoms with Crippen LogP contribution in [-0.4, -0.2) is 23.0 Å². The van der Waals surface area contributed by atoms with Crippen LogP contribution in [0, 0.1) is 34.9 Å². The number of halogens is 1. The van der Waals surface area contributed by atoms with Crippen molar-refractivity contribution in [1.82, 2.24) is 9.88 Å². The molecule has 0 N–H and O–H groups in total. The van der Waals surface area contributed by atoms with Crippen molar-refractivity contribution in [2.45, 2.75) is 26.8 Å². The molecule has 2 heterocycles. The smallest absolute Gasteiger partial charge is 0.141 e. The zero-order valence-corrected chi connectivity index (χ0v) is 11.5. The number of aromatic nitrogens is 1. The Hall–Kier alpha value is -1.47. The highest BCUT2D eigenvalue weighted by atomic mass is 19.1. The lowest BCUT2D eigenvalue weighted by atomic mass is 9.79. The van der Waals surface area contributed by atoms with E-state index in [9.17, 15) is 9.65 Å². The number of rotatable bonds is 3. The van der Waals surface area contributed by atoms with Gasteiger partial charge in [0.05, 0.1) is 18.2 Å². The van der Waals surface area contributed by atoms with Gasteiger partial charge in [0, 0.05) is 19.3 Å². The number of hydrogen-bond donors (Lipinski definition) is 0. The van der Waals surface area contributed by atoms with E-state index in [-0.39, 0.29) is 11.7 Å². The third-order valence-electron chi connectivity index (χ3n) is 3.94. The van der Waals surface area contributed by atoms with Crippen LogP contribution in [0.2, 0.25) is 0 Å². The third-order valence-corrected chi connectivity index (χ3v) is 3.94. The maximum atomic E-state index is 13.1. The first-order chi connectivity index (χ1) is 9.10. The first-order valence-electron chi connectivity index (χ1n) is 6.81. The fourth-order valence-electron chi connectivity index (χ4n) is 2.92. The van der Waals surface area contributed by atoms with Crippen molar-refractivity contribution in [2.75, 3.05) is 13.1 Å². The summed E-state index contributed by atoms with van der Waals surface area (Å²) in [4.78, 5) is 6.09. The molecule has 3 nitrogen and oxygen atoms in total. The number of piperidine rings is 1. The van der Waals surface area contributed by atoms with E-state index in [4.69, 9.17) is 0 Å². The van der Waals surface area contributed by atoms with Crippen molar-refractivity contribution in [3.63, 3.8) is 0 Å². The molecule has 0 saturated carbocycles. The predicted molar refractivity (Wildman–Crippen MR) is 71.5 cm³/mol. The van der Waals surface area contributed by atoms with Gasteiger partial charge in [0.2, 0.25) is 0 Å². The van der Waals surface area contributed by atoms with Gasteiger partial charge in [0.1, 0.15) is 5.82 Å². The fourth-order valence-corrected chi connectivity index (χ4v) is 2.92. The summed E-state index contributed by atoms with van der Waals surface area (Å²) in [6.07, 6.45) is 3.95. The molecule has 1 aromatic rings. The molecule has 19 heavy (non-hydrogen) atoms. The highest BCUT2D eigenvalue weighted by Gasteiger charge is 2.31. The van der Waals surface area contributed by atoms with E-state index in [1.54, 1.807) is 6.20 Å². The minimum Gasteiger partial charge on any atom is -0.298 e. The van der Waals surface area contributed by atoms with Gasteiger partial charge in [-0.05, 0) is 36.4 Å². The van der Waals surface area contributed by atoms with Gasteiger partial charge in [0.15, 0.2) is 0 Å². The van der Waals surface area contributed by atoms with Crippen LogP contribution in [0.25, 0.3) is 0 Å². The number of likely N-dealkylation sites (tertiary alicyclic amines) is 1. The topological polar surface area (TPSA) is 39.9 Å². The second kappa shape index (κ2) is 6.12. The van der Waals surface area contributed by atoms with Gasteiger partial charge in [-0.25, -0.2) is 4.39 Å². The van der Waals surface area contributed by atoms with Crippen LogP contribution in [0.5, 0.6) is 0 Å². The van der Waals surface area contributed by atoms with E-state index in [0.717, 1.165) is 25.1 Å². The van der Waals surface area contributed by atoms with Gasteiger partial charge < -0.3 is 0 Å². The molecule has 1 aliphatic rings. The molecule has 2 atom stereocenters. The Morgan fingerprint density at radius 2 is 2.32 bits per heavy atom. The summed E-state index contributed by atoms with van der Waals surface area (Å²) in [5.74, 6) is 0.802. The van der Waals surface area contributed by atoms with E-state index in [2.05, 4.69) is 29.8 Å². The zero-order chi connectivity index (χ0) is 13.8. The predicted octanol–water partition coefficient (Wildman–Crippen LogP) is 2.84. The largest absolute Gasteiger partial charge is 0.298 e. The second-order valence-electron chi connectivity index (χ2n) is 5.68. The Morgan fingerprint density at radius 1 is 1.53 bits per heavy atom. The van der Waals surface area contributed by atoms with Crippen LogP contribution in [-0.2, 0) is 6.54 Å². The van der Waals surface area contributed by atoms with Crippen LogP contribution >= 0.6 is 0 Å². The van der Waals surface area contributed by atoms with E-state index in [0.29, 0.717) is 18.4 Å². The van der Waals surface area contributed by atoms with Gasteiger partial charge in [-0.15, -0.1) is 0 Å². The first-order valence-corrected chi connectivity index (χ1v) is 6.81. The fraction of sp³-hybridized carbons (Fsp3) is 0.600. The summed E-state index contributed by atoms with van der Waals surface area (Å²) in [6, 6.07) is 3.95. The highest BCUT2D eigenvalue weighted by molar-refractivity contribution is 5.10. The molecule has 1 aromatic heterocycles. The third kappa shape index (κ3) is 3.51. The van der Waals surface area contributed by atoms with Crippen molar-refractivity contribution in [1.29, 1.82) is 5.26 Å². The SMILES string of the molecule is CC(C)C1CCN(Cc2cncc(F)c2)CC1C#N. The lowest BCUT2D eigenvalue weighted by molar-refractivity contribution is 0.115. The minimum atomic E-state index is -0.300. The molecule has 0 radical (unpaired) electrons. The lowest BCUT2D eigenvalue weighted by Gasteiger charge is -2.37. The molecule has 1 saturated heterocycles. The van der Waals surface area contributed by atoms with Crippen LogP contribution in [0.3, 0.4) is 0 Å². The maximum Gasteiger partial charge on any atom is 0.141 e. The molecular weight excluding hydrogens is 241 g/mol. The second-order valence-corrected chi connectivity index (χ2v) is 5.68. The van der Waals surface area contributed by atoms with Crippen molar-refractivity contribution < 1.29 is 4.39 Å². The lowest BCUT2D eigenvalue weighted by Crippen LogP contribution is -2.41. The summed E-state index contributed by atoms with van der Waals surface area (Å²) in [7, 11) is 0. The van der Waals surface area contributed by atoms with Crippen LogP contribution < -0.4 is 0 Å². The number of nitrogens with zero attached hydrogens (tertiary/aromatic N) is 3. The number of nitriles is 1. The molecule has 102 valence electrons. The van der Waals surface area contributed by atoms with Crippen molar-refractivity contribution in [3.8, 4) is 6.07 Å². The van der Waals surface area contributed by atoms with Crippen LogP contribution in [0.4, 0.5) is 4.39 Å². The van der Waals surface area contributed by atoms with E-state index in [1.165, 1.54) is 12.3 Å². The monoisotopic (exact) mass is 261 g/mol. The van der Waals surface area contributed by atoms with Crippen molar-refractivity contribution in [3.05, 3.63) is 29.8 Å². The van der Waals surface area contributed by atoms with E-state index >= 15 is 0 Å². The van der Waals surface area contributed by atoms with Gasteiger partial charge in [-0.3, -0.25) is 9.88 Å². The average molecular weight is 261 g/mol. The normalized spacial score (nSPS) is 24.4. The van der Waals surface area contributed by atoms with Crippen molar-refractivity contribution in [2.24, 2.45) is 17.8 Å². The average Bonchev–Trinajstić information content (AvgIpc) is 2.38. The van der Waals surface area contributed by atoms with Crippen molar-refractivity contribution >= 4 is 0 Å². The molecule has 2 unspecified atom stereocenters. The first kappa shape index (κ1) is 14.0. The highest BCUT2D eigenvalue weighted by Crippen LogP contribution is 2.30. The molecule has 2 rings (SSSR count). The molecule has 0 amide bonds. The van der Waals surface area contributed by atoms with Gasteiger partial charge in [0.25, 0.3) is 0 Å². The quantitative estimate of drug-likeness (QED) is 0.840. The minimum absolute atomic E-state index is 0.0790. The summed E-state index contributed by atoms with van der Waals surface area (Å²) < 4.78 is 13.1. The summed E-state index contributed by atoms with van der Waals surface area (Å²) in [5, 5.41) is 9.29. The Balaban J connectivity index is 1.99. The molecule has 0 aliphatic carbocycles. The van der Waals surface area contributed by atoms with E-state index in [1.807, 2.05) is 0 Å². The maximum absolute atomic E-state index is 13.1. The van der Waals surface area contributed by atoms with Crippen LogP contribution in [0.15, 0.2) is 18.5 Å². The molecule has 1 aliphatic heterocycles. The molecule has 0 spiro atoms. The van der Waals surface area contributed by atoms with Gasteiger partial charge >= 0.3 is 0 Å². The molecule has 0 aromatic carbocycles. The standard InChI is InChI=1S/C15H20FN3/c1-11(2)15-3-4-19(10-13(15)6-17)9-12-5-14(16)8-18-7-12/h5,7-8,11,13,15H,3-4,9-10H2,1-2H3. The summed E-state index contributed by atoms with van der Waals surface area (Å²) in [5.41, 5.74) is 0.875. The summed E-state index contributed by atoms with van der Waals surface area (Å²) >= 11 is 0. The zero-order valence-electron chi connectivity index (χ0n) is 11.5. The molecule has 0 bridgehead atoms. The van der Waals surface area contributed by atoms with E-state index < -0.39 is 0 Å². The number of pyridine rings is 1. The summed E-state index contributed by atoms with van der Waals surface area (Å²) in [6.45, 7) is 6.78. The van der Waals surface area contributed by atoms with Gasteiger partial charge in [-0.2, -0.15) is 5.26 Å². The Bertz CT molecular complexity index is 467. The molecule has 4 heteroatoms. The van der Waals surface area contributed by atoms with Crippen LogP contribution in [0.1, 0.15) is 25.8 Å². The Labute approximate surface area is 114 Å². The Kier molecular flexibility index (Phi) is 4.49.